The second kappa shape index (κ2) is 7.14. The Bertz CT molecular complexity index is 599. The molecule has 0 aliphatic rings. The Morgan fingerprint density at radius 1 is 1.05 bits per heavy atom. The van der Waals surface area contributed by atoms with Crippen molar-refractivity contribution in [1.29, 1.82) is 0 Å². The first-order valence-electron chi connectivity index (χ1n) is 6.83. The Morgan fingerprint density at radius 2 is 1.67 bits per heavy atom. The molecule has 0 aliphatic heterocycles. The largest absolute Gasteiger partial charge is 0.489 e. The van der Waals surface area contributed by atoms with Crippen molar-refractivity contribution < 1.29 is 9.53 Å². The summed E-state index contributed by atoms with van der Waals surface area (Å²) in [6.45, 7) is 3.87. The molecule has 0 saturated heterocycles. The Hall–Kier alpha value is -2.00. The van der Waals surface area contributed by atoms with Crippen molar-refractivity contribution in [1.82, 2.24) is 0 Å². The molecule has 21 heavy (non-hydrogen) atoms. The van der Waals surface area contributed by atoms with Gasteiger partial charge in [-0.2, -0.15) is 0 Å². The molecule has 0 bridgehead atoms. The third kappa shape index (κ3) is 4.23. The van der Waals surface area contributed by atoms with Crippen molar-refractivity contribution in [3.8, 4) is 5.75 Å². The van der Waals surface area contributed by atoms with Gasteiger partial charge in [-0.05, 0) is 31.5 Å². The fourth-order valence-electron chi connectivity index (χ4n) is 1.90. The number of para-hydroxylation sites is 2. The van der Waals surface area contributed by atoms with Gasteiger partial charge in [-0.25, -0.2) is 0 Å². The molecule has 0 heterocycles. The fraction of sp³-hybridized carbons (Fsp3) is 0.235. The van der Waals surface area contributed by atoms with E-state index >= 15 is 0 Å². The summed E-state index contributed by atoms with van der Waals surface area (Å²) in [7, 11) is 0. The first-order chi connectivity index (χ1) is 10.1. The number of rotatable bonds is 5. The number of ether oxygens (including phenoxy) is 1. The number of amides is 1. The van der Waals surface area contributed by atoms with E-state index in [9.17, 15) is 4.79 Å². The lowest BCUT2D eigenvalue weighted by Gasteiger charge is -2.16. The van der Waals surface area contributed by atoms with Crippen LogP contribution >= 0.6 is 11.6 Å². The molecule has 2 rings (SSSR count). The molecule has 0 fully saturated rings. The minimum absolute atomic E-state index is 0.0315. The summed E-state index contributed by atoms with van der Waals surface area (Å²) in [5, 5.41) is 2.08. The molecule has 1 unspecified atom stereocenters. The van der Waals surface area contributed by atoms with Crippen LogP contribution in [0.3, 0.4) is 0 Å². The average Bonchev–Trinajstić information content (AvgIpc) is 2.49. The molecule has 110 valence electrons. The van der Waals surface area contributed by atoms with Gasteiger partial charge in [0.2, 0.25) is 5.91 Å². The third-order valence-electron chi connectivity index (χ3n) is 2.83. The van der Waals surface area contributed by atoms with Gasteiger partial charge in [-0.15, -0.1) is 11.6 Å². The molecule has 2 aromatic rings. The summed E-state index contributed by atoms with van der Waals surface area (Å²) >= 11 is 6.21. The molecule has 0 aromatic heterocycles. The van der Waals surface area contributed by atoms with Gasteiger partial charge in [0.1, 0.15) is 11.1 Å². The predicted molar refractivity (Wildman–Crippen MR) is 85.9 cm³/mol. The molecule has 0 aliphatic carbocycles. The lowest BCUT2D eigenvalue weighted by molar-refractivity contribution is -0.116. The van der Waals surface area contributed by atoms with E-state index in [1.807, 2.05) is 62.4 Å². The highest BCUT2D eigenvalue weighted by Crippen LogP contribution is 2.28. The van der Waals surface area contributed by atoms with Crippen molar-refractivity contribution in [2.75, 3.05) is 5.32 Å². The Balaban J connectivity index is 2.13. The van der Waals surface area contributed by atoms with E-state index in [1.54, 1.807) is 6.07 Å². The SMILES string of the molecule is CC(C)Oc1ccccc1NC(=O)C(Cl)c1ccccc1. The predicted octanol–water partition coefficient (Wildman–Crippen LogP) is 4.39. The minimum Gasteiger partial charge on any atom is -0.489 e. The van der Waals surface area contributed by atoms with Gasteiger partial charge in [0.25, 0.3) is 0 Å². The lowest BCUT2D eigenvalue weighted by atomic mass is 10.1. The van der Waals surface area contributed by atoms with E-state index in [1.165, 1.54) is 0 Å². The summed E-state index contributed by atoms with van der Waals surface area (Å²) in [6, 6.07) is 16.6. The van der Waals surface area contributed by atoms with Crippen LogP contribution in [0.2, 0.25) is 0 Å². The number of carbonyl (C=O) groups excluding carboxylic acids is 1. The van der Waals surface area contributed by atoms with Gasteiger partial charge in [-0.1, -0.05) is 42.5 Å². The van der Waals surface area contributed by atoms with Crippen molar-refractivity contribution in [2.24, 2.45) is 0 Å². The van der Waals surface area contributed by atoms with Gasteiger partial charge in [0, 0.05) is 0 Å². The summed E-state index contributed by atoms with van der Waals surface area (Å²) in [4.78, 5) is 12.3. The Morgan fingerprint density at radius 3 is 2.33 bits per heavy atom. The highest BCUT2D eigenvalue weighted by Gasteiger charge is 2.18. The molecule has 1 amide bonds. The van der Waals surface area contributed by atoms with Crippen molar-refractivity contribution in [3.63, 3.8) is 0 Å². The quantitative estimate of drug-likeness (QED) is 0.832. The molecule has 0 radical (unpaired) electrons. The number of carbonyl (C=O) groups is 1. The van der Waals surface area contributed by atoms with E-state index < -0.39 is 5.38 Å². The number of halogens is 1. The standard InChI is InChI=1S/C17H18ClNO2/c1-12(2)21-15-11-7-6-10-14(15)19-17(20)16(18)13-8-4-3-5-9-13/h3-12,16H,1-2H3,(H,19,20). The van der Waals surface area contributed by atoms with Gasteiger partial charge in [0.15, 0.2) is 0 Å². The van der Waals surface area contributed by atoms with Crippen LogP contribution in [0.4, 0.5) is 5.69 Å². The van der Waals surface area contributed by atoms with E-state index in [-0.39, 0.29) is 12.0 Å². The van der Waals surface area contributed by atoms with Crippen LogP contribution < -0.4 is 10.1 Å². The van der Waals surface area contributed by atoms with E-state index in [0.29, 0.717) is 11.4 Å². The smallest absolute Gasteiger partial charge is 0.247 e. The van der Waals surface area contributed by atoms with Gasteiger partial charge in [0.05, 0.1) is 11.8 Å². The average molecular weight is 304 g/mol. The maximum Gasteiger partial charge on any atom is 0.247 e. The highest BCUT2D eigenvalue weighted by molar-refractivity contribution is 6.32. The van der Waals surface area contributed by atoms with Crippen LogP contribution in [-0.4, -0.2) is 12.0 Å². The third-order valence-corrected chi connectivity index (χ3v) is 3.28. The van der Waals surface area contributed by atoms with Crippen LogP contribution in [0.1, 0.15) is 24.8 Å². The first-order valence-corrected chi connectivity index (χ1v) is 7.27. The molecule has 4 heteroatoms. The summed E-state index contributed by atoms with van der Waals surface area (Å²) in [5.41, 5.74) is 1.39. The number of nitrogens with one attached hydrogen (secondary N) is 1. The summed E-state index contributed by atoms with van der Waals surface area (Å²) < 4.78 is 5.67. The van der Waals surface area contributed by atoms with Crippen LogP contribution in [0.25, 0.3) is 0 Å². The van der Waals surface area contributed by atoms with E-state index in [0.717, 1.165) is 5.56 Å². The molecular weight excluding hydrogens is 286 g/mol. The fourth-order valence-corrected chi connectivity index (χ4v) is 2.10. The van der Waals surface area contributed by atoms with Crippen molar-refractivity contribution in [2.45, 2.75) is 25.3 Å². The monoisotopic (exact) mass is 303 g/mol. The zero-order valence-corrected chi connectivity index (χ0v) is 12.8. The second-order valence-corrected chi connectivity index (χ2v) is 5.36. The normalized spacial score (nSPS) is 12.0. The highest BCUT2D eigenvalue weighted by atomic mass is 35.5. The molecule has 0 spiro atoms. The van der Waals surface area contributed by atoms with Crippen molar-refractivity contribution >= 4 is 23.2 Å². The van der Waals surface area contributed by atoms with Crippen LogP contribution in [-0.2, 0) is 4.79 Å². The van der Waals surface area contributed by atoms with Crippen LogP contribution in [0.15, 0.2) is 54.6 Å². The summed E-state index contributed by atoms with van der Waals surface area (Å²) in [6.07, 6.45) is 0.0315. The maximum absolute atomic E-state index is 12.3. The van der Waals surface area contributed by atoms with E-state index in [4.69, 9.17) is 16.3 Å². The molecule has 0 saturated carbocycles. The zero-order chi connectivity index (χ0) is 15.2. The number of hydrogen-bond acceptors (Lipinski definition) is 2. The number of alkyl halides is 1. The zero-order valence-electron chi connectivity index (χ0n) is 12.0. The molecule has 1 atom stereocenters. The Kier molecular flexibility index (Phi) is 5.23. The Labute approximate surface area is 129 Å². The van der Waals surface area contributed by atoms with Gasteiger partial charge in [-0.3, -0.25) is 4.79 Å². The topological polar surface area (TPSA) is 38.3 Å². The molecule has 1 N–H and O–H groups in total. The summed E-state index contributed by atoms with van der Waals surface area (Å²) in [5.74, 6) is 0.362. The lowest BCUT2D eigenvalue weighted by Crippen LogP contribution is -2.18. The van der Waals surface area contributed by atoms with Crippen LogP contribution in [0, 0.1) is 0 Å². The van der Waals surface area contributed by atoms with Crippen molar-refractivity contribution in [3.05, 3.63) is 60.2 Å². The maximum atomic E-state index is 12.3. The van der Waals surface area contributed by atoms with E-state index in [2.05, 4.69) is 5.32 Å². The number of anilines is 1. The van der Waals surface area contributed by atoms with Gasteiger partial charge < -0.3 is 10.1 Å². The number of hydrogen-bond donors (Lipinski definition) is 1. The first kappa shape index (κ1) is 15.4. The van der Waals surface area contributed by atoms with Crippen LogP contribution in [0.5, 0.6) is 5.75 Å². The molecule has 3 nitrogen and oxygen atoms in total. The number of benzene rings is 2. The minimum atomic E-state index is -0.738. The second-order valence-electron chi connectivity index (χ2n) is 4.93. The molecular formula is C17H18ClNO2. The van der Waals surface area contributed by atoms with Gasteiger partial charge >= 0.3 is 0 Å². The molecule has 2 aromatic carbocycles.